The second-order valence-electron chi connectivity index (χ2n) is 3.76. The largest absolute Gasteiger partial charge is 0.496 e. The molecule has 1 heterocycles. The minimum Gasteiger partial charge on any atom is -0.496 e. The number of carboxylic acids is 1. The molecule has 0 aliphatic rings. The third kappa shape index (κ3) is 2.01. The van der Waals surface area contributed by atoms with Crippen molar-refractivity contribution in [2.24, 2.45) is 0 Å². The third-order valence-corrected chi connectivity index (χ3v) is 2.63. The highest BCUT2D eigenvalue weighted by atomic mass is 16.5. The number of carboxylic acid groups (broad SMARTS) is 1. The van der Waals surface area contributed by atoms with Crippen molar-refractivity contribution < 1.29 is 14.6 Å². The van der Waals surface area contributed by atoms with E-state index in [0.717, 1.165) is 22.2 Å². The number of hydrogen-bond donors (Lipinski definition) is 2. The van der Waals surface area contributed by atoms with Gasteiger partial charge in [0.15, 0.2) is 0 Å². The number of carbonyl (C=O) groups is 1. The maximum atomic E-state index is 10.8. The van der Waals surface area contributed by atoms with Crippen LogP contribution in [0.3, 0.4) is 0 Å². The first kappa shape index (κ1) is 11.3. The fraction of sp³-hybridized carbons (Fsp3) is 0.154. The van der Waals surface area contributed by atoms with E-state index in [-0.39, 0.29) is 5.57 Å². The van der Waals surface area contributed by atoms with E-state index in [1.165, 1.54) is 0 Å². The molecule has 0 saturated carbocycles. The lowest BCUT2D eigenvalue weighted by Gasteiger charge is -2.02. The number of H-pyrrole nitrogens is 1. The van der Waals surface area contributed by atoms with Gasteiger partial charge in [0.25, 0.3) is 0 Å². The molecule has 1 aromatic carbocycles. The number of benzene rings is 1. The number of ether oxygens (including phenoxy) is 1. The van der Waals surface area contributed by atoms with Crippen LogP contribution in [0.25, 0.3) is 17.0 Å². The highest BCUT2D eigenvalue weighted by Crippen LogP contribution is 2.29. The van der Waals surface area contributed by atoms with Gasteiger partial charge < -0.3 is 14.8 Å². The second kappa shape index (κ2) is 4.33. The molecule has 17 heavy (non-hydrogen) atoms. The summed E-state index contributed by atoms with van der Waals surface area (Å²) >= 11 is 0. The number of hydrogen-bond acceptors (Lipinski definition) is 2. The molecule has 0 unspecified atom stereocenters. The number of aromatic amines is 1. The van der Waals surface area contributed by atoms with Crippen molar-refractivity contribution in [2.45, 2.75) is 6.92 Å². The molecule has 0 bridgehead atoms. The lowest BCUT2D eigenvalue weighted by atomic mass is 10.1. The van der Waals surface area contributed by atoms with Crippen LogP contribution in [0.2, 0.25) is 0 Å². The predicted octanol–water partition coefficient (Wildman–Crippen LogP) is 2.66. The minimum atomic E-state index is -0.922. The maximum absolute atomic E-state index is 10.8. The zero-order chi connectivity index (χ0) is 12.4. The monoisotopic (exact) mass is 231 g/mol. The van der Waals surface area contributed by atoms with Crippen LogP contribution in [0.4, 0.5) is 0 Å². The zero-order valence-corrected chi connectivity index (χ0v) is 9.65. The molecule has 0 amide bonds. The Morgan fingerprint density at radius 1 is 1.47 bits per heavy atom. The molecule has 4 nitrogen and oxygen atoms in total. The molecule has 2 rings (SSSR count). The molecule has 0 radical (unpaired) electrons. The maximum Gasteiger partial charge on any atom is 0.331 e. The van der Waals surface area contributed by atoms with Gasteiger partial charge in [-0.1, -0.05) is 6.07 Å². The first-order valence-corrected chi connectivity index (χ1v) is 5.19. The molecular weight excluding hydrogens is 218 g/mol. The van der Waals surface area contributed by atoms with Gasteiger partial charge in [-0.05, 0) is 25.1 Å². The summed E-state index contributed by atoms with van der Waals surface area (Å²) in [7, 11) is 1.60. The highest BCUT2D eigenvalue weighted by molar-refractivity contribution is 5.99. The van der Waals surface area contributed by atoms with E-state index in [0.29, 0.717) is 0 Å². The van der Waals surface area contributed by atoms with E-state index in [1.807, 2.05) is 18.2 Å². The van der Waals surface area contributed by atoms with E-state index in [9.17, 15) is 4.79 Å². The van der Waals surface area contributed by atoms with Crippen molar-refractivity contribution in [1.82, 2.24) is 4.98 Å². The quantitative estimate of drug-likeness (QED) is 0.798. The van der Waals surface area contributed by atoms with Gasteiger partial charge in [0.2, 0.25) is 0 Å². The summed E-state index contributed by atoms with van der Waals surface area (Å²) in [6, 6.07) is 5.66. The molecule has 0 aliphatic carbocycles. The first-order valence-electron chi connectivity index (χ1n) is 5.19. The van der Waals surface area contributed by atoms with Crippen molar-refractivity contribution in [3.05, 3.63) is 35.5 Å². The van der Waals surface area contributed by atoms with Gasteiger partial charge in [0, 0.05) is 28.2 Å². The molecular formula is C13H13NO3. The van der Waals surface area contributed by atoms with Crippen LogP contribution in [-0.2, 0) is 4.79 Å². The number of nitrogens with one attached hydrogen (secondary N) is 1. The van der Waals surface area contributed by atoms with Crippen molar-refractivity contribution in [3.8, 4) is 5.75 Å². The molecule has 2 N–H and O–H groups in total. The molecule has 0 fully saturated rings. The molecule has 0 atom stereocenters. The van der Waals surface area contributed by atoms with Gasteiger partial charge in [-0.2, -0.15) is 0 Å². The molecule has 4 heteroatoms. The highest BCUT2D eigenvalue weighted by Gasteiger charge is 2.08. The number of methoxy groups -OCH3 is 1. The Morgan fingerprint density at radius 2 is 2.24 bits per heavy atom. The summed E-state index contributed by atoms with van der Waals surface area (Å²) in [6.45, 7) is 1.57. The summed E-state index contributed by atoms with van der Waals surface area (Å²) in [4.78, 5) is 13.9. The molecule has 88 valence electrons. The normalized spacial score (nSPS) is 11.8. The Labute approximate surface area is 98.5 Å². The smallest absolute Gasteiger partial charge is 0.331 e. The summed E-state index contributed by atoms with van der Waals surface area (Å²) in [5.41, 5.74) is 2.03. The Bertz CT molecular complexity index is 596. The summed E-state index contributed by atoms with van der Waals surface area (Å²) in [5, 5.41) is 9.77. The molecule has 0 aliphatic heterocycles. The fourth-order valence-corrected chi connectivity index (χ4v) is 1.76. The van der Waals surface area contributed by atoms with E-state index in [1.54, 1.807) is 26.3 Å². The van der Waals surface area contributed by atoms with Crippen LogP contribution in [0, 0.1) is 0 Å². The predicted molar refractivity (Wildman–Crippen MR) is 66.1 cm³/mol. The van der Waals surface area contributed by atoms with Gasteiger partial charge >= 0.3 is 5.97 Å². The Morgan fingerprint density at radius 3 is 2.88 bits per heavy atom. The number of aliphatic carboxylic acids is 1. The Kier molecular flexibility index (Phi) is 2.87. The van der Waals surface area contributed by atoms with Crippen LogP contribution in [0.1, 0.15) is 12.5 Å². The first-order chi connectivity index (χ1) is 8.13. The van der Waals surface area contributed by atoms with Crippen LogP contribution in [0.5, 0.6) is 5.75 Å². The summed E-state index contributed by atoms with van der Waals surface area (Å²) < 4.78 is 5.27. The van der Waals surface area contributed by atoms with Crippen LogP contribution in [0.15, 0.2) is 30.0 Å². The van der Waals surface area contributed by atoms with E-state index < -0.39 is 5.97 Å². The molecule has 1 aromatic heterocycles. The second-order valence-corrected chi connectivity index (χ2v) is 3.76. The standard InChI is InChI=1S/C13H13NO3/c1-8(13(15)16)6-9-7-14-10-4-3-5-11(17-2)12(9)10/h3-7,14H,1-2H3,(H,15,16)/b8-6+. The van der Waals surface area contributed by atoms with E-state index in [2.05, 4.69) is 4.98 Å². The average Bonchev–Trinajstić information content (AvgIpc) is 2.72. The number of fused-ring (bicyclic) bond motifs is 1. The molecule has 0 spiro atoms. The van der Waals surface area contributed by atoms with Crippen LogP contribution < -0.4 is 4.74 Å². The topological polar surface area (TPSA) is 62.3 Å². The summed E-state index contributed by atoms with van der Waals surface area (Å²) in [5.74, 6) is -0.192. The lowest BCUT2D eigenvalue weighted by Crippen LogP contribution is -1.95. The van der Waals surface area contributed by atoms with E-state index in [4.69, 9.17) is 9.84 Å². The average molecular weight is 231 g/mol. The Balaban J connectivity index is 2.63. The minimum absolute atomic E-state index is 0.289. The fourth-order valence-electron chi connectivity index (χ4n) is 1.76. The van der Waals surface area contributed by atoms with Crippen molar-refractivity contribution in [2.75, 3.05) is 7.11 Å². The number of rotatable bonds is 3. The molecule has 2 aromatic rings. The third-order valence-electron chi connectivity index (χ3n) is 2.63. The lowest BCUT2D eigenvalue weighted by molar-refractivity contribution is -0.132. The summed E-state index contributed by atoms with van der Waals surface area (Å²) in [6.07, 6.45) is 3.41. The zero-order valence-electron chi connectivity index (χ0n) is 9.65. The van der Waals surface area contributed by atoms with Crippen molar-refractivity contribution >= 4 is 22.9 Å². The van der Waals surface area contributed by atoms with Gasteiger partial charge in [-0.15, -0.1) is 0 Å². The van der Waals surface area contributed by atoms with Crippen LogP contribution >= 0.6 is 0 Å². The van der Waals surface area contributed by atoms with Gasteiger partial charge in [0.05, 0.1) is 7.11 Å². The van der Waals surface area contributed by atoms with Crippen molar-refractivity contribution in [1.29, 1.82) is 0 Å². The Hall–Kier alpha value is -2.23. The van der Waals surface area contributed by atoms with Crippen molar-refractivity contribution in [3.63, 3.8) is 0 Å². The van der Waals surface area contributed by atoms with Gasteiger partial charge in [0.1, 0.15) is 5.75 Å². The molecule has 0 saturated heterocycles. The number of aromatic nitrogens is 1. The van der Waals surface area contributed by atoms with Gasteiger partial charge in [-0.25, -0.2) is 4.79 Å². The van der Waals surface area contributed by atoms with E-state index >= 15 is 0 Å². The van der Waals surface area contributed by atoms with Gasteiger partial charge in [-0.3, -0.25) is 0 Å². The van der Waals surface area contributed by atoms with Crippen LogP contribution in [-0.4, -0.2) is 23.2 Å². The SMILES string of the molecule is COc1cccc2[nH]cc(/C=C(\C)C(=O)O)c12.